The summed E-state index contributed by atoms with van der Waals surface area (Å²) < 4.78 is 11.7. The van der Waals surface area contributed by atoms with Crippen molar-refractivity contribution in [3.8, 4) is 0 Å². The summed E-state index contributed by atoms with van der Waals surface area (Å²) in [5.41, 5.74) is 6.32. The summed E-state index contributed by atoms with van der Waals surface area (Å²) in [5.74, 6) is 3.51. The molecule has 1 amide bonds. The number of hydrogen-bond acceptors (Lipinski definition) is 7. The Bertz CT molecular complexity index is 1990. The van der Waals surface area contributed by atoms with Crippen LogP contribution in [0, 0.1) is 46.3 Å². The van der Waals surface area contributed by atoms with Crippen molar-refractivity contribution in [2.75, 3.05) is 13.2 Å². The van der Waals surface area contributed by atoms with Gasteiger partial charge in [0, 0.05) is 31.6 Å². The molecule has 7 rings (SSSR count). The van der Waals surface area contributed by atoms with Gasteiger partial charge in [-0.3, -0.25) is 24.5 Å². The van der Waals surface area contributed by atoms with Crippen molar-refractivity contribution in [2.24, 2.45) is 46.3 Å². The summed E-state index contributed by atoms with van der Waals surface area (Å²) in [6.07, 6.45) is 16.0. The fourth-order valence-electron chi connectivity index (χ4n) is 12.5. The Kier molecular flexibility index (Phi) is 14.2. The van der Waals surface area contributed by atoms with Gasteiger partial charge in [-0.05, 0) is 131 Å². The summed E-state index contributed by atoms with van der Waals surface area (Å²) in [7, 11) is 0. The highest BCUT2D eigenvalue weighted by Crippen LogP contribution is 2.67. The van der Waals surface area contributed by atoms with Crippen LogP contribution in [0.3, 0.4) is 0 Å². The molecule has 0 aliphatic heterocycles. The zero-order valence-electron chi connectivity index (χ0n) is 36.9. The van der Waals surface area contributed by atoms with Crippen molar-refractivity contribution in [1.29, 1.82) is 0 Å². The Morgan fingerprint density at radius 3 is 2.33 bits per heavy atom. The third-order valence-electron chi connectivity index (χ3n) is 15.7. The van der Waals surface area contributed by atoms with Gasteiger partial charge in [0.2, 0.25) is 0 Å². The van der Waals surface area contributed by atoms with Crippen molar-refractivity contribution in [1.82, 2.24) is 10.4 Å². The van der Waals surface area contributed by atoms with Crippen LogP contribution in [0.15, 0.2) is 78.4 Å². The van der Waals surface area contributed by atoms with Gasteiger partial charge < -0.3 is 9.47 Å². The molecular formula is C52H70N2O6. The minimum absolute atomic E-state index is 0.00767. The van der Waals surface area contributed by atoms with E-state index in [1.54, 1.807) is 17.6 Å². The van der Waals surface area contributed by atoms with E-state index in [1.165, 1.54) is 62.3 Å². The predicted molar refractivity (Wildman–Crippen MR) is 237 cm³/mol. The first-order valence-corrected chi connectivity index (χ1v) is 23.1. The Morgan fingerprint density at radius 2 is 1.57 bits per heavy atom. The monoisotopic (exact) mass is 819 g/mol. The molecule has 8 atom stereocenters. The molecule has 0 heterocycles. The lowest BCUT2D eigenvalue weighted by atomic mass is 9.47. The number of fused-ring (bicyclic) bond motifs is 6. The molecule has 3 aromatic rings. The SMILES string of the molecule is CC(C)CCC[C@@H](C)[C@H]1CCC2C3CC=C4CC(OC(=O)CCC(=O)OCCN(Cc5ccc(C(=O)NO)cc5)Cc5ccc6ccccc6c5)CC[C@]4(C)C3CC[C@@]21C. The molecule has 4 unspecified atom stereocenters. The van der Waals surface area contributed by atoms with Gasteiger partial charge in [0.25, 0.3) is 5.91 Å². The number of nitrogens with zero attached hydrogens (tertiary/aromatic N) is 1. The summed E-state index contributed by atoms with van der Waals surface area (Å²) >= 11 is 0. The molecule has 8 heteroatoms. The Labute approximate surface area is 358 Å². The summed E-state index contributed by atoms with van der Waals surface area (Å²) in [6, 6.07) is 21.7. The van der Waals surface area contributed by atoms with E-state index in [4.69, 9.17) is 14.7 Å². The number of carbonyl (C=O) groups excluding carboxylic acids is 3. The highest BCUT2D eigenvalue weighted by atomic mass is 16.5. The van der Waals surface area contributed by atoms with Crippen molar-refractivity contribution in [3.63, 3.8) is 0 Å². The molecule has 0 radical (unpaired) electrons. The van der Waals surface area contributed by atoms with Gasteiger partial charge in [-0.15, -0.1) is 0 Å². The van der Waals surface area contributed by atoms with E-state index in [0.29, 0.717) is 30.6 Å². The fraction of sp³-hybridized carbons (Fsp3) is 0.596. The van der Waals surface area contributed by atoms with Crippen molar-refractivity contribution >= 4 is 28.6 Å². The summed E-state index contributed by atoms with van der Waals surface area (Å²) in [5, 5.41) is 11.3. The molecule has 0 spiro atoms. The number of hydroxylamine groups is 1. The number of benzene rings is 3. The van der Waals surface area contributed by atoms with Gasteiger partial charge in [-0.2, -0.15) is 0 Å². The number of amides is 1. The van der Waals surface area contributed by atoms with Gasteiger partial charge in [-0.1, -0.05) is 114 Å². The van der Waals surface area contributed by atoms with Crippen LogP contribution in [-0.2, 0) is 32.2 Å². The maximum absolute atomic E-state index is 13.1. The van der Waals surface area contributed by atoms with Crippen molar-refractivity contribution < 1.29 is 29.1 Å². The van der Waals surface area contributed by atoms with Gasteiger partial charge in [-0.25, -0.2) is 5.48 Å². The lowest BCUT2D eigenvalue weighted by Gasteiger charge is -2.58. The maximum Gasteiger partial charge on any atom is 0.306 e. The van der Waals surface area contributed by atoms with Crippen LogP contribution < -0.4 is 5.48 Å². The van der Waals surface area contributed by atoms with Gasteiger partial charge in [0.1, 0.15) is 12.7 Å². The van der Waals surface area contributed by atoms with Crippen LogP contribution in [-0.4, -0.2) is 47.2 Å². The Balaban J connectivity index is 0.878. The topological polar surface area (TPSA) is 105 Å². The Morgan fingerprint density at radius 1 is 0.833 bits per heavy atom. The van der Waals surface area contributed by atoms with Crippen LogP contribution in [0.4, 0.5) is 0 Å². The van der Waals surface area contributed by atoms with Crippen molar-refractivity contribution in [3.05, 3.63) is 95.1 Å². The minimum atomic E-state index is -0.562. The molecule has 3 saturated carbocycles. The third-order valence-corrected chi connectivity index (χ3v) is 15.7. The zero-order valence-corrected chi connectivity index (χ0v) is 36.9. The first-order valence-electron chi connectivity index (χ1n) is 23.1. The number of allylic oxidation sites excluding steroid dienone is 1. The van der Waals surface area contributed by atoms with Crippen LogP contribution >= 0.6 is 0 Å². The molecule has 3 fully saturated rings. The van der Waals surface area contributed by atoms with E-state index in [-0.39, 0.29) is 36.9 Å². The number of rotatable bonds is 17. The molecule has 4 aliphatic rings. The maximum atomic E-state index is 13.1. The van der Waals surface area contributed by atoms with Crippen LogP contribution in [0.1, 0.15) is 140 Å². The highest BCUT2D eigenvalue weighted by Gasteiger charge is 2.59. The number of ether oxygens (including phenoxy) is 2. The quantitative estimate of drug-likeness (QED) is 0.0605. The molecule has 4 aliphatic carbocycles. The first kappa shape index (κ1) is 44.1. The average Bonchev–Trinajstić information content (AvgIpc) is 3.60. The first-order chi connectivity index (χ1) is 28.9. The second-order valence-electron chi connectivity index (χ2n) is 19.9. The van der Waals surface area contributed by atoms with E-state index < -0.39 is 11.9 Å². The Hall–Kier alpha value is -4.01. The molecular weight excluding hydrogens is 749 g/mol. The lowest BCUT2D eigenvalue weighted by molar-refractivity contribution is -0.155. The van der Waals surface area contributed by atoms with E-state index >= 15 is 0 Å². The molecule has 0 aromatic heterocycles. The minimum Gasteiger partial charge on any atom is -0.464 e. The van der Waals surface area contributed by atoms with E-state index in [0.717, 1.165) is 71.3 Å². The predicted octanol–water partition coefficient (Wildman–Crippen LogP) is 11.2. The number of hydrogen-bond donors (Lipinski definition) is 2. The normalized spacial score (nSPS) is 27.7. The molecule has 60 heavy (non-hydrogen) atoms. The molecule has 324 valence electrons. The molecule has 3 aromatic carbocycles. The van der Waals surface area contributed by atoms with Crippen LogP contribution in [0.5, 0.6) is 0 Å². The van der Waals surface area contributed by atoms with Crippen LogP contribution in [0.25, 0.3) is 10.8 Å². The summed E-state index contributed by atoms with van der Waals surface area (Å²) in [4.78, 5) is 40.0. The second kappa shape index (κ2) is 19.4. The van der Waals surface area contributed by atoms with Crippen LogP contribution in [0.2, 0.25) is 0 Å². The smallest absolute Gasteiger partial charge is 0.306 e. The van der Waals surface area contributed by atoms with E-state index in [2.05, 4.69) is 75.9 Å². The van der Waals surface area contributed by atoms with E-state index in [1.807, 2.05) is 24.3 Å². The molecule has 0 saturated heterocycles. The summed E-state index contributed by atoms with van der Waals surface area (Å²) in [6.45, 7) is 14.3. The largest absolute Gasteiger partial charge is 0.464 e. The molecule has 0 bridgehead atoms. The fourth-order valence-corrected chi connectivity index (χ4v) is 12.5. The molecule has 8 nitrogen and oxygen atoms in total. The third kappa shape index (κ3) is 10.0. The van der Waals surface area contributed by atoms with Gasteiger partial charge >= 0.3 is 11.9 Å². The zero-order chi connectivity index (χ0) is 42.4. The average molecular weight is 819 g/mol. The molecule has 2 N–H and O–H groups in total. The van der Waals surface area contributed by atoms with E-state index in [9.17, 15) is 14.4 Å². The standard InChI is InChI=1S/C52H70N2O6/c1-35(2)9-8-10-36(3)45-21-22-46-44-20-19-42-32-43(25-27-51(42,4)47(44)26-28-52(45,46)5)60-49(56)24-23-48(55)59-30-29-54(33-37-13-17-40(18-14-37)50(57)53-58)34-38-15-16-39-11-6-7-12-41(39)31-38/h6-7,11-19,31,35-36,43-47,58H,8-10,20-30,32-34H2,1-5H3,(H,53,57)/t36-,43?,44?,45-,46?,47?,51+,52-/m1/s1. The second-order valence-corrected chi connectivity index (χ2v) is 19.9. The number of nitrogens with one attached hydrogen (secondary N) is 1. The number of carbonyl (C=O) groups is 3. The van der Waals surface area contributed by atoms with Gasteiger partial charge in [0.15, 0.2) is 0 Å². The highest BCUT2D eigenvalue weighted by molar-refractivity contribution is 5.93. The number of esters is 2. The van der Waals surface area contributed by atoms with Crippen molar-refractivity contribution in [2.45, 2.75) is 137 Å². The van der Waals surface area contributed by atoms with Gasteiger partial charge in [0.05, 0.1) is 12.8 Å². The lowest BCUT2D eigenvalue weighted by Crippen LogP contribution is -2.51.